The van der Waals surface area contributed by atoms with Gasteiger partial charge in [-0.15, -0.1) is 4.41 Å². The van der Waals surface area contributed by atoms with E-state index in [-0.39, 0.29) is 16.6 Å². The first-order chi connectivity index (χ1) is 13.1. The number of anilines is 1. The summed E-state index contributed by atoms with van der Waals surface area (Å²) in [5.74, 6) is 0.0652. The van der Waals surface area contributed by atoms with Crippen molar-refractivity contribution >= 4 is 32.4 Å². The van der Waals surface area contributed by atoms with E-state index in [1.165, 1.54) is 29.8 Å². The van der Waals surface area contributed by atoms with Crippen molar-refractivity contribution < 1.29 is 17.9 Å². The second-order valence-electron chi connectivity index (χ2n) is 6.38. The summed E-state index contributed by atoms with van der Waals surface area (Å²) in [6.07, 6.45) is 0.674. The van der Waals surface area contributed by atoms with Gasteiger partial charge in [-0.05, 0) is 37.1 Å². The van der Waals surface area contributed by atoms with Crippen LogP contribution in [0.15, 0.2) is 23.1 Å². The largest absolute Gasteiger partial charge is 0.495 e. The number of thiazole rings is 1. The molecule has 1 heterocycles. The van der Waals surface area contributed by atoms with E-state index in [0.29, 0.717) is 29.4 Å². The number of amides is 1. The average Bonchev–Trinajstić information content (AvgIpc) is 2.97. The van der Waals surface area contributed by atoms with Gasteiger partial charge in [0.2, 0.25) is 5.91 Å². The molecule has 154 valence electrons. The molecule has 0 fully saturated rings. The molecule has 0 spiro atoms. The standard InChI is InChI=1S/C18H26N4O4S2/c1-7-10-22(21(4)5)28(24,25)16-11-14(8-9-15(16)26-6)17-12(2)19-18(27-17)20-13(3)23/h8-9,11H,7,10H2,1-6H3,(H,19,20,23). The predicted molar refractivity (Wildman–Crippen MR) is 111 cm³/mol. The summed E-state index contributed by atoms with van der Waals surface area (Å²) in [6, 6.07) is 5.02. The van der Waals surface area contributed by atoms with Crippen LogP contribution in [-0.2, 0) is 14.8 Å². The van der Waals surface area contributed by atoms with Crippen LogP contribution >= 0.6 is 11.3 Å². The van der Waals surface area contributed by atoms with E-state index in [1.54, 1.807) is 37.3 Å². The number of hydrogen-bond donors (Lipinski definition) is 1. The molecule has 0 unspecified atom stereocenters. The van der Waals surface area contributed by atoms with Gasteiger partial charge < -0.3 is 10.1 Å². The minimum atomic E-state index is -3.81. The topological polar surface area (TPSA) is 91.8 Å². The first kappa shape index (κ1) is 22.3. The summed E-state index contributed by atoms with van der Waals surface area (Å²) in [4.78, 5) is 16.5. The molecule has 1 aromatic heterocycles. The number of methoxy groups -OCH3 is 1. The summed E-state index contributed by atoms with van der Waals surface area (Å²) in [5.41, 5.74) is 1.40. The molecule has 0 saturated carbocycles. The van der Waals surface area contributed by atoms with Crippen molar-refractivity contribution in [1.82, 2.24) is 14.4 Å². The molecule has 0 saturated heterocycles. The first-order valence-electron chi connectivity index (χ1n) is 8.75. The van der Waals surface area contributed by atoms with Crippen molar-refractivity contribution in [2.45, 2.75) is 32.1 Å². The van der Waals surface area contributed by atoms with Gasteiger partial charge in [-0.1, -0.05) is 18.3 Å². The Bertz CT molecular complexity index is 954. The smallest absolute Gasteiger partial charge is 0.259 e. The number of carbonyl (C=O) groups excluding carboxylic acids is 1. The van der Waals surface area contributed by atoms with Crippen molar-refractivity contribution in [2.75, 3.05) is 33.1 Å². The van der Waals surface area contributed by atoms with Crippen LogP contribution in [0.2, 0.25) is 0 Å². The highest BCUT2D eigenvalue weighted by molar-refractivity contribution is 7.89. The number of nitrogens with one attached hydrogen (secondary N) is 1. The van der Waals surface area contributed by atoms with Gasteiger partial charge >= 0.3 is 0 Å². The SMILES string of the molecule is CCCN(N(C)C)S(=O)(=O)c1cc(-c2sc(NC(C)=O)nc2C)ccc1OC. The Morgan fingerprint density at radius 1 is 1.32 bits per heavy atom. The molecular weight excluding hydrogens is 400 g/mol. The molecule has 2 aromatic rings. The van der Waals surface area contributed by atoms with Gasteiger partial charge in [0.05, 0.1) is 17.7 Å². The second-order valence-corrected chi connectivity index (χ2v) is 9.19. The molecule has 1 N–H and O–H groups in total. The molecule has 8 nitrogen and oxygen atoms in total. The Balaban J connectivity index is 2.59. The summed E-state index contributed by atoms with van der Waals surface area (Å²) >= 11 is 1.30. The maximum atomic E-state index is 13.3. The van der Waals surface area contributed by atoms with Gasteiger partial charge in [-0.2, -0.15) is 0 Å². The molecule has 1 amide bonds. The molecule has 10 heteroatoms. The second kappa shape index (κ2) is 8.99. The van der Waals surface area contributed by atoms with E-state index in [1.807, 2.05) is 13.8 Å². The number of aryl methyl sites for hydroxylation is 1. The Labute approximate surface area is 170 Å². The molecule has 0 atom stereocenters. The number of rotatable bonds is 8. The van der Waals surface area contributed by atoms with E-state index >= 15 is 0 Å². The lowest BCUT2D eigenvalue weighted by atomic mass is 10.1. The number of sulfonamides is 1. The number of benzene rings is 1. The lowest BCUT2D eigenvalue weighted by Gasteiger charge is -2.28. The molecule has 0 radical (unpaired) electrons. The third-order valence-electron chi connectivity index (χ3n) is 3.92. The van der Waals surface area contributed by atoms with Gasteiger partial charge in [-0.25, -0.2) is 18.4 Å². The molecule has 0 aliphatic rings. The lowest BCUT2D eigenvalue weighted by molar-refractivity contribution is -0.114. The van der Waals surface area contributed by atoms with Gasteiger partial charge in [0.15, 0.2) is 5.13 Å². The molecule has 1 aromatic carbocycles. The molecule has 0 bridgehead atoms. The number of aromatic nitrogens is 1. The predicted octanol–water partition coefficient (Wildman–Crippen LogP) is 2.96. The van der Waals surface area contributed by atoms with E-state index in [9.17, 15) is 13.2 Å². The van der Waals surface area contributed by atoms with Crippen LogP contribution in [0.3, 0.4) is 0 Å². The number of hydrazine groups is 1. The van der Waals surface area contributed by atoms with Crippen LogP contribution in [0.4, 0.5) is 5.13 Å². The molecule has 0 aliphatic heterocycles. The number of ether oxygens (including phenoxy) is 1. The van der Waals surface area contributed by atoms with Gasteiger partial charge in [0.25, 0.3) is 10.0 Å². The van der Waals surface area contributed by atoms with Crippen LogP contribution in [-0.4, -0.2) is 56.5 Å². The molecule has 2 rings (SSSR count). The molecule has 28 heavy (non-hydrogen) atoms. The quantitative estimate of drug-likeness (QED) is 0.653. The van der Waals surface area contributed by atoms with Crippen LogP contribution in [0, 0.1) is 6.92 Å². The zero-order valence-electron chi connectivity index (χ0n) is 16.9. The molecular formula is C18H26N4O4S2. The normalized spacial score (nSPS) is 11.9. The first-order valence-corrected chi connectivity index (χ1v) is 11.0. The summed E-state index contributed by atoms with van der Waals surface area (Å²) in [6.45, 7) is 5.51. The van der Waals surface area contributed by atoms with Crippen molar-refractivity contribution in [3.05, 3.63) is 23.9 Å². The van der Waals surface area contributed by atoms with E-state index in [2.05, 4.69) is 10.3 Å². The summed E-state index contributed by atoms with van der Waals surface area (Å²) < 4.78 is 33.2. The van der Waals surface area contributed by atoms with Gasteiger partial charge in [0.1, 0.15) is 10.6 Å². The van der Waals surface area contributed by atoms with Crippen molar-refractivity contribution in [3.63, 3.8) is 0 Å². The zero-order valence-corrected chi connectivity index (χ0v) is 18.6. The Hall–Kier alpha value is -2.01. The van der Waals surface area contributed by atoms with Crippen molar-refractivity contribution in [2.24, 2.45) is 0 Å². The fourth-order valence-electron chi connectivity index (χ4n) is 2.73. The third-order valence-corrected chi connectivity index (χ3v) is 6.98. The van der Waals surface area contributed by atoms with Crippen molar-refractivity contribution in [1.29, 1.82) is 0 Å². The lowest BCUT2D eigenvalue weighted by Crippen LogP contribution is -2.42. The highest BCUT2D eigenvalue weighted by atomic mass is 32.2. The number of hydrogen-bond acceptors (Lipinski definition) is 7. The Morgan fingerprint density at radius 3 is 2.54 bits per heavy atom. The average molecular weight is 427 g/mol. The van der Waals surface area contributed by atoms with Crippen molar-refractivity contribution in [3.8, 4) is 16.2 Å². The van der Waals surface area contributed by atoms with E-state index < -0.39 is 10.0 Å². The van der Waals surface area contributed by atoms with E-state index in [4.69, 9.17) is 4.74 Å². The molecule has 0 aliphatic carbocycles. The maximum absolute atomic E-state index is 13.3. The fourth-order valence-corrected chi connectivity index (χ4v) is 5.50. The van der Waals surface area contributed by atoms with E-state index in [0.717, 1.165) is 4.88 Å². The fraction of sp³-hybridized carbons (Fsp3) is 0.444. The van der Waals surface area contributed by atoms with Crippen LogP contribution in [0.25, 0.3) is 10.4 Å². The minimum Gasteiger partial charge on any atom is -0.495 e. The van der Waals surface area contributed by atoms with Gasteiger partial charge in [0, 0.05) is 27.6 Å². The minimum absolute atomic E-state index is 0.0866. The maximum Gasteiger partial charge on any atom is 0.259 e. The summed E-state index contributed by atoms with van der Waals surface area (Å²) in [5, 5.41) is 4.69. The Morgan fingerprint density at radius 2 is 2.00 bits per heavy atom. The Kier molecular flexibility index (Phi) is 7.16. The zero-order chi connectivity index (χ0) is 21.1. The van der Waals surface area contributed by atoms with Crippen LogP contribution < -0.4 is 10.1 Å². The monoisotopic (exact) mass is 426 g/mol. The number of nitrogens with zero attached hydrogens (tertiary/aromatic N) is 3. The van der Waals surface area contributed by atoms with Crippen LogP contribution in [0.1, 0.15) is 26.0 Å². The number of carbonyl (C=O) groups is 1. The van der Waals surface area contributed by atoms with Crippen LogP contribution in [0.5, 0.6) is 5.75 Å². The summed E-state index contributed by atoms with van der Waals surface area (Å²) in [7, 11) is 1.02. The highest BCUT2D eigenvalue weighted by Crippen LogP contribution is 2.37. The third kappa shape index (κ3) is 4.69. The highest BCUT2D eigenvalue weighted by Gasteiger charge is 2.29. The van der Waals surface area contributed by atoms with Gasteiger partial charge in [-0.3, -0.25) is 4.79 Å².